The number of hydrogen-bond acceptors (Lipinski definition) is 5. The summed E-state index contributed by atoms with van der Waals surface area (Å²) in [6, 6.07) is 7.18. The second-order valence-corrected chi connectivity index (χ2v) is 4.11. The number of para-hydroxylation sites is 2. The molecule has 18 heavy (non-hydrogen) atoms. The van der Waals surface area contributed by atoms with Crippen LogP contribution in [0.5, 0.6) is 11.5 Å². The summed E-state index contributed by atoms with van der Waals surface area (Å²) in [6.45, 7) is 0.623. The van der Waals surface area contributed by atoms with Crippen molar-refractivity contribution in [2.45, 2.75) is 18.6 Å². The molecular weight excluding hydrogens is 234 g/mol. The van der Waals surface area contributed by atoms with E-state index >= 15 is 0 Å². The summed E-state index contributed by atoms with van der Waals surface area (Å²) in [6.07, 6.45) is 0.551. The molecule has 1 saturated heterocycles. The average molecular weight is 251 g/mol. The van der Waals surface area contributed by atoms with Gasteiger partial charge in [-0.2, -0.15) is 0 Å². The lowest BCUT2D eigenvalue weighted by molar-refractivity contribution is -0.142. The van der Waals surface area contributed by atoms with E-state index < -0.39 is 0 Å². The maximum absolute atomic E-state index is 11.4. The Labute approximate surface area is 106 Å². The molecule has 0 aromatic heterocycles. The van der Waals surface area contributed by atoms with Crippen molar-refractivity contribution in [1.29, 1.82) is 0 Å². The van der Waals surface area contributed by atoms with Crippen LogP contribution in [0.4, 0.5) is 0 Å². The summed E-state index contributed by atoms with van der Waals surface area (Å²) < 4.78 is 15.7. The van der Waals surface area contributed by atoms with E-state index in [2.05, 4.69) is 5.32 Å². The van der Waals surface area contributed by atoms with Gasteiger partial charge in [0, 0.05) is 13.0 Å². The van der Waals surface area contributed by atoms with Gasteiger partial charge in [0.15, 0.2) is 11.5 Å². The number of carbonyl (C=O) groups is 1. The molecule has 1 N–H and O–H groups in total. The van der Waals surface area contributed by atoms with Gasteiger partial charge in [-0.25, -0.2) is 0 Å². The first kappa shape index (κ1) is 12.7. The number of methoxy groups -OCH3 is 2. The maximum Gasteiger partial charge on any atom is 0.323 e. The van der Waals surface area contributed by atoms with Crippen LogP contribution in [0.2, 0.25) is 0 Å². The number of nitrogens with one attached hydrogen (secondary N) is 1. The van der Waals surface area contributed by atoms with Crippen LogP contribution in [-0.2, 0) is 9.53 Å². The Morgan fingerprint density at radius 1 is 1.28 bits per heavy atom. The van der Waals surface area contributed by atoms with Gasteiger partial charge in [-0.05, 0) is 12.1 Å². The number of rotatable bonds is 4. The highest BCUT2D eigenvalue weighted by Gasteiger charge is 2.31. The summed E-state index contributed by atoms with van der Waals surface area (Å²) in [5, 5.41) is 3.07. The van der Waals surface area contributed by atoms with E-state index in [0.29, 0.717) is 24.5 Å². The van der Waals surface area contributed by atoms with Gasteiger partial charge in [-0.1, -0.05) is 12.1 Å². The highest BCUT2D eigenvalue weighted by atomic mass is 16.5. The van der Waals surface area contributed by atoms with Crippen LogP contribution in [0.15, 0.2) is 24.3 Å². The smallest absolute Gasteiger partial charge is 0.323 e. The van der Waals surface area contributed by atoms with Crippen molar-refractivity contribution >= 4 is 5.97 Å². The first-order valence-corrected chi connectivity index (χ1v) is 5.85. The van der Waals surface area contributed by atoms with Gasteiger partial charge >= 0.3 is 5.97 Å². The minimum absolute atomic E-state index is 0.0506. The predicted molar refractivity (Wildman–Crippen MR) is 65.8 cm³/mol. The summed E-state index contributed by atoms with van der Waals surface area (Å²) in [4.78, 5) is 11.4. The van der Waals surface area contributed by atoms with Gasteiger partial charge in [-0.3, -0.25) is 4.79 Å². The van der Waals surface area contributed by atoms with Gasteiger partial charge in [0.05, 0.1) is 14.2 Å². The van der Waals surface area contributed by atoms with Crippen molar-refractivity contribution in [1.82, 2.24) is 5.32 Å². The number of ether oxygens (including phenoxy) is 3. The molecule has 98 valence electrons. The van der Waals surface area contributed by atoms with E-state index in [4.69, 9.17) is 14.2 Å². The second-order valence-electron chi connectivity index (χ2n) is 4.11. The molecule has 1 aliphatic heterocycles. The Morgan fingerprint density at radius 3 is 2.67 bits per heavy atom. The SMILES string of the molecule is COC(=O)C1CC(Oc2ccccc2OC)CN1. The van der Waals surface area contributed by atoms with E-state index in [1.807, 2.05) is 24.3 Å². The van der Waals surface area contributed by atoms with Crippen LogP contribution in [-0.4, -0.2) is 38.9 Å². The third-order valence-electron chi connectivity index (χ3n) is 2.94. The van der Waals surface area contributed by atoms with Crippen LogP contribution >= 0.6 is 0 Å². The molecule has 0 radical (unpaired) electrons. The molecule has 5 nitrogen and oxygen atoms in total. The molecule has 1 aliphatic rings. The van der Waals surface area contributed by atoms with Crippen molar-refractivity contribution in [2.24, 2.45) is 0 Å². The number of esters is 1. The van der Waals surface area contributed by atoms with Gasteiger partial charge in [0.2, 0.25) is 0 Å². The standard InChI is InChI=1S/C13H17NO4/c1-16-11-5-3-4-6-12(11)18-9-7-10(14-8-9)13(15)17-2/h3-6,9-10,14H,7-8H2,1-2H3. The van der Waals surface area contributed by atoms with Crippen molar-refractivity contribution < 1.29 is 19.0 Å². The molecule has 2 atom stereocenters. The van der Waals surface area contributed by atoms with Gasteiger partial charge in [0.1, 0.15) is 12.1 Å². The van der Waals surface area contributed by atoms with Crippen LogP contribution < -0.4 is 14.8 Å². The van der Waals surface area contributed by atoms with Crippen molar-refractivity contribution in [3.63, 3.8) is 0 Å². The summed E-state index contributed by atoms with van der Waals surface area (Å²) >= 11 is 0. The molecule has 2 rings (SSSR count). The number of benzene rings is 1. The molecule has 1 aromatic rings. The second kappa shape index (κ2) is 5.73. The number of carbonyl (C=O) groups excluding carboxylic acids is 1. The van der Waals surface area contributed by atoms with Crippen molar-refractivity contribution in [2.75, 3.05) is 20.8 Å². The summed E-state index contributed by atoms with van der Waals surface area (Å²) in [5.74, 6) is 1.14. The quantitative estimate of drug-likeness (QED) is 0.808. The molecule has 5 heteroatoms. The maximum atomic E-state index is 11.4. The van der Waals surface area contributed by atoms with Crippen LogP contribution in [0, 0.1) is 0 Å². The van der Waals surface area contributed by atoms with Gasteiger partial charge in [-0.15, -0.1) is 0 Å². The fourth-order valence-corrected chi connectivity index (χ4v) is 2.01. The molecule has 1 heterocycles. The zero-order chi connectivity index (χ0) is 13.0. The minimum Gasteiger partial charge on any atom is -0.493 e. The molecule has 1 fully saturated rings. The first-order valence-electron chi connectivity index (χ1n) is 5.85. The normalized spacial score (nSPS) is 22.6. The number of hydrogen-bond donors (Lipinski definition) is 1. The lowest BCUT2D eigenvalue weighted by atomic mass is 10.2. The van der Waals surface area contributed by atoms with Gasteiger partial charge in [0.25, 0.3) is 0 Å². The minimum atomic E-state index is -0.283. The van der Waals surface area contributed by atoms with E-state index in [9.17, 15) is 4.79 Å². The van der Waals surface area contributed by atoms with Crippen LogP contribution in [0.3, 0.4) is 0 Å². The summed E-state index contributed by atoms with van der Waals surface area (Å²) in [7, 11) is 2.99. The molecule has 0 aliphatic carbocycles. The van der Waals surface area contributed by atoms with Crippen molar-refractivity contribution in [3.05, 3.63) is 24.3 Å². The third-order valence-corrected chi connectivity index (χ3v) is 2.94. The average Bonchev–Trinajstić information content (AvgIpc) is 2.87. The van der Waals surface area contributed by atoms with Gasteiger partial charge < -0.3 is 19.5 Å². The van der Waals surface area contributed by atoms with Crippen LogP contribution in [0.1, 0.15) is 6.42 Å². The topological polar surface area (TPSA) is 56.8 Å². The third kappa shape index (κ3) is 2.73. The van der Waals surface area contributed by atoms with E-state index in [1.165, 1.54) is 7.11 Å². The lowest BCUT2D eigenvalue weighted by Crippen LogP contribution is -2.31. The molecule has 0 spiro atoms. The monoisotopic (exact) mass is 251 g/mol. The molecular formula is C13H17NO4. The first-order chi connectivity index (χ1) is 8.74. The molecule has 1 aromatic carbocycles. The molecule has 0 bridgehead atoms. The lowest BCUT2D eigenvalue weighted by Gasteiger charge is -2.15. The van der Waals surface area contributed by atoms with E-state index in [0.717, 1.165) is 0 Å². The van der Waals surface area contributed by atoms with E-state index in [-0.39, 0.29) is 18.1 Å². The largest absolute Gasteiger partial charge is 0.493 e. The zero-order valence-electron chi connectivity index (χ0n) is 10.5. The molecule has 2 unspecified atom stereocenters. The molecule has 0 saturated carbocycles. The Balaban J connectivity index is 1.97. The Bertz CT molecular complexity index is 421. The fourth-order valence-electron chi connectivity index (χ4n) is 2.01. The Morgan fingerprint density at radius 2 is 2.00 bits per heavy atom. The van der Waals surface area contributed by atoms with E-state index in [1.54, 1.807) is 7.11 Å². The van der Waals surface area contributed by atoms with Crippen LogP contribution in [0.25, 0.3) is 0 Å². The molecule has 0 amide bonds. The summed E-state index contributed by atoms with van der Waals surface area (Å²) in [5.41, 5.74) is 0. The van der Waals surface area contributed by atoms with Crippen molar-refractivity contribution in [3.8, 4) is 11.5 Å². The Hall–Kier alpha value is -1.75. The Kier molecular flexibility index (Phi) is 4.04. The fraction of sp³-hybridized carbons (Fsp3) is 0.462. The highest BCUT2D eigenvalue weighted by Crippen LogP contribution is 2.28. The zero-order valence-corrected chi connectivity index (χ0v) is 10.5. The highest BCUT2D eigenvalue weighted by molar-refractivity contribution is 5.76. The predicted octanol–water partition coefficient (Wildman–Crippen LogP) is 0.977.